The van der Waals surface area contributed by atoms with Crippen LogP contribution in [0.25, 0.3) is 0 Å². The fourth-order valence-corrected chi connectivity index (χ4v) is 2.42. The molecule has 6 heteroatoms. The first-order valence-corrected chi connectivity index (χ1v) is 6.23. The lowest BCUT2D eigenvalue weighted by Crippen LogP contribution is -2.45. The van der Waals surface area contributed by atoms with Gasteiger partial charge in [-0.1, -0.05) is 0 Å². The molecule has 1 atom stereocenters. The van der Waals surface area contributed by atoms with Gasteiger partial charge in [0.1, 0.15) is 11.6 Å². The lowest BCUT2D eigenvalue weighted by atomic mass is 10.0. The van der Waals surface area contributed by atoms with E-state index in [0.29, 0.717) is 12.0 Å². The van der Waals surface area contributed by atoms with Gasteiger partial charge in [0.05, 0.1) is 0 Å². The first-order valence-electron chi connectivity index (χ1n) is 6.23. The molecule has 0 aliphatic carbocycles. The Bertz CT molecular complexity index is 400. The highest BCUT2D eigenvalue weighted by atomic mass is 35.5. The Morgan fingerprint density at radius 1 is 1.26 bits per heavy atom. The molecular weight excluding hydrogens is 274 g/mol. The second kappa shape index (κ2) is 7.75. The molecule has 0 spiro atoms. The van der Waals surface area contributed by atoms with Gasteiger partial charge in [-0.3, -0.25) is 4.90 Å². The van der Waals surface area contributed by atoms with Crippen LogP contribution in [0.4, 0.5) is 8.78 Å². The molecule has 1 aliphatic rings. The largest absolute Gasteiger partial charge is 0.396 e. The number of aliphatic hydroxyl groups excluding tert-OH is 1. The fraction of sp³-hybridized carbons (Fsp3) is 0.538. The molecule has 3 nitrogen and oxygen atoms in total. The fourth-order valence-electron chi connectivity index (χ4n) is 2.42. The zero-order valence-corrected chi connectivity index (χ0v) is 11.4. The first kappa shape index (κ1) is 16.3. The van der Waals surface area contributed by atoms with Crippen LogP contribution in [0.1, 0.15) is 18.0 Å². The Morgan fingerprint density at radius 2 is 1.95 bits per heavy atom. The minimum atomic E-state index is -0.440. The van der Waals surface area contributed by atoms with E-state index in [-0.39, 0.29) is 25.1 Å². The number of halogens is 3. The van der Waals surface area contributed by atoms with Crippen LogP contribution in [0.2, 0.25) is 0 Å². The van der Waals surface area contributed by atoms with Crippen LogP contribution in [0.15, 0.2) is 18.2 Å². The van der Waals surface area contributed by atoms with Crippen LogP contribution in [-0.4, -0.2) is 42.8 Å². The van der Waals surface area contributed by atoms with Gasteiger partial charge in [-0.25, -0.2) is 8.78 Å². The average Bonchev–Trinajstić information content (AvgIpc) is 2.40. The Labute approximate surface area is 118 Å². The predicted molar refractivity (Wildman–Crippen MR) is 72.5 cm³/mol. The summed E-state index contributed by atoms with van der Waals surface area (Å²) in [7, 11) is 0. The van der Waals surface area contributed by atoms with Crippen molar-refractivity contribution >= 4 is 12.4 Å². The summed E-state index contributed by atoms with van der Waals surface area (Å²) in [6.45, 7) is 3.18. The number of piperazine rings is 1. The van der Waals surface area contributed by atoms with Crippen LogP contribution < -0.4 is 5.32 Å². The quantitative estimate of drug-likeness (QED) is 0.887. The molecule has 0 saturated carbocycles. The van der Waals surface area contributed by atoms with Crippen molar-refractivity contribution in [2.24, 2.45) is 0 Å². The molecule has 2 rings (SSSR count). The Hall–Kier alpha value is -0.750. The van der Waals surface area contributed by atoms with Crippen molar-refractivity contribution < 1.29 is 13.9 Å². The van der Waals surface area contributed by atoms with Crippen molar-refractivity contribution in [3.8, 4) is 0 Å². The molecule has 1 aromatic carbocycles. The minimum Gasteiger partial charge on any atom is -0.396 e. The summed E-state index contributed by atoms with van der Waals surface area (Å²) < 4.78 is 27.1. The van der Waals surface area contributed by atoms with Crippen molar-refractivity contribution in [1.29, 1.82) is 0 Å². The van der Waals surface area contributed by atoms with Crippen molar-refractivity contribution in [2.75, 3.05) is 32.8 Å². The zero-order valence-electron chi connectivity index (χ0n) is 10.6. The lowest BCUT2D eigenvalue weighted by Gasteiger charge is -2.35. The van der Waals surface area contributed by atoms with E-state index >= 15 is 0 Å². The number of rotatable bonds is 4. The Kier molecular flexibility index (Phi) is 6.65. The normalized spacial score (nSPS) is 17.8. The summed E-state index contributed by atoms with van der Waals surface area (Å²) in [5, 5.41) is 12.3. The molecule has 1 fully saturated rings. The monoisotopic (exact) mass is 292 g/mol. The molecule has 0 unspecified atom stereocenters. The number of hydrogen-bond donors (Lipinski definition) is 2. The van der Waals surface area contributed by atoms with E-state index in [1.807, 2.05) is 0 Å². The van der Waals surface area contributed by atoms with Gasteiger partial charge in [-0.05, 0) is 24.6 Å². The molecule has 1 aliphatic heterocycles. The summed E-state index contributed by atoms with van der Waals surface area (Å²) in [6, 6.07) is 3.24. The number of benzene rings is 1. The van der Waals surface area contributed by atoms with Crippen LogP contribution in [0.3, 0.4) is 0 Å². The van der Waals surface area contributed by atoms with E-state index in [4.69, 9.17) is 5.11 Å². The van der Waals surface area contributed by atoms with E-state index in [1.54, 1.807) is 0 Å². The minimum absolute atomic E-state index is 0. The van der Waals surface area contributed by atoms with Crippen molar-refractivity contribution in [2.45, 2.75) is 12.5 Å². The zero-order chi connectivity index (χ0) is 13.0. The molecule has 0 bridgehead atoms. The Morgan fingerprint density at radius 3 is 2.58 bits per heavy atom. The average molecular weight is 293 g/mol. The highest BCUT2D eigenvalue weighted by molar-refractivity contribution is 5.85. The number of aliphatic hydroxyl groups is 1. The number of nitrogens with zero attached hydrogens (tertiary/aromatic N) is 1. The summed E-state index contributed by atoms with van der Waals surface area (Å²) in [4.78, 5) is 2.09. The van der Waals surface area contributed by atoms with Crippen molar-refractivity contribution in [1.82, 2.24) is 10.2 Å². The number of hydrogen-bond acceptors (Lipinski definition) is 3. The highest BCUT2D eigenvalue weighted by Gasteiger charge is 2.24. The molecule has 19 heavy (non-hydrogen) atoms. The molecule has 2 N–H and O–H groups in total. The standard InChI is InChI=1S/C13H18F2N2O.ClH/c14-10-1-2-12(15)11(9-10)13(3-8-18)17-6-4-16-5-7-17;/h1-2,9,13,16,18H,3-8H2;1H/t13-;/m1./s1. The SMILES string of the molecule is Cl.OCC[C@H](c1cc(F)ccc1F)N1CCNCC1. The summed E-state index contributed by atoms with van der Waals surface area (Å²) in [5.74, 6) is -0.849. The topological polar surface area (TPSA) is 35.5 Å². The summed E-state index contributed by atoms with van der Waals surface area (Å²) in [5.41, 5.74) is 0.339. The lowest BCUT2D eigenvalue weighted by molar-refractivity contribution is 0.138. The van der Waals surface area contributed by atoms with Crippen LogP contribution in [0.5, 0.6) is 0 Å². The number of nitrogens with one attached hydrogen (secondary N) is 1. The maximum Gasteiger partial charge on any atom is 0.128 e. The van der Waals surface area contributed by atoms with E-state index in [9.17, 15) is 8.78 Å². The third kappa shape index (κ3) is 4.11. The molecule has 0 amide bonds. The van der Waals surface area contributed by atoms with Gasteiger partial charge in [0.2, 0.25) is 0 Å². The van der Waals surface area contributed by atoms with Crippen LogP contribution in [-0.2, 0) is 0 Å². The van der Waals surface area contributed by atoms with Crippen molar-refractivity contribution in [3.05, 3.63) is 35.4 Å². The third-order valence-electron chi connectivity index (χ3n) is 3.31. The summed E-state index contributed by atoms with van der Waals surface area (Å²) in [6.07, 6.45) is 0.417. The van der Waals surface area contributed by atoms with E-state index < -0.39 is 11.6 Å². The van der Waals surface area contributed by atoms with Crippen LogP contribution in [0, 0.1) is 11.6 Å². The van der Waals surface area contributed by atoms with Gasteiger partial charge in [0, 0.05) is 44.4 Å². The first-order chi connectivity index (χ1) is 8.72. The van der Waals surface area contributed by atoms with Crippen molar-refractivity contribution in [3.63, 3.8) is 0 Å². The molecule has 108 valence electrons. The third-order valence-corrected chi connectivity index (χ3v) is 3.31. The van der Waals surface area contributed by atoms with Gasteiger partial charge in [0.25, 0.3) is 0 Å². The van der Waals surface area contributed by atoms with Gasteiger partial charge < -0.3 is 10.4 Å². The van der Waals surface area contributed by atoms with Gasteiger partial charge in [-0.15, -0.1) is 12.4 Å². The van der Waals surface area contributed by atoms with Gasteiger partial charge >= 0.3 is 0 Å². The van der Waals surface area contributed by atoms with E-state index in [1.165, 1.54) is 6.07 Å². The maximum atomic E-state index is 13.8. The molecular formula is C13H19ClF2N2O. The molecule has 0 radical (unpaired) electrons. The maximum absolute atomic E-state index is 13.8. The molecule has 1 saturated heterocycles. The summed E-state index contributed by atoms with van der Waals surface area (Å²) >= 11 is 0. The second-order valence-corrected chi connectivity index (χ2v) is 4.48. The second-order valence-electron chi connectivity index (χ2n) is 4.48. The van der Waals surface area contributed by atoms with Gasteiger partial charge in [-0.2, -0.15) is 0 Å². The van der Waals surface area contributed by atoms with E-state index in [2.05, 4.69) is 10.2 Å². The van der Waals surface area contributed by atoms with Gasteiger partial charge in [0.15, 0.2) is 0 Å². The highest BCUT2D eigenvalue weighted by Crippen LogP contribution is 2.27. The smallest absolute Gasteiger partial charge is 0.128 e. The Balaban J connectivity index is 0.00000180. The van der Waals surface area contributed by atoms with Crippen LogP contribution >= 0.6 is 12.4 Å². The molecule has 1 aromatic rings. The van der Waals surface area contributed by atoms with E-state index in [0.717, 1.165) is 38.3 Å². The predicted octanol–water partition coefficient (Wildman–Crippen LogP) is 1.72. The molecule has 0 aromatic heterocycles. The molecule has 1 heterocycles.